The van der Waals surface area contributed by atoms with Gasteiger partial charge in [-0.3, -0.25) is 9.69 Å². The summed E-state index contributed by atoms with van der Waals surface area (Å²) in [6.45, 7) is 2.41. The van der Waals surface area contributed by atoms with Crippen molar-refractivity contribution in [3.05, 3.63) is 59.1 Å². The van der Waals surface area contributed by atoms with Crippen LogP contribution in [0, 0.1) is 11.3 Å². The van der Waals surface area contributed by atoms with E-state index in [-0.39, 0.29) is 23.1 Å². The van der Waals surface area contributed by atoms with Crippen LogP contribution in [-0.4, -0.2) is 63.8 Å². The number of benzene rings is 1. The summed E-state index contributed by atoms with van der Waals surface area (Å²) >= 11 is 0. The lowest BCUT2D eigenvalue weighted by atomic mass is 9.38. The number of phenols is 1. The summed E-state index contributed by atoms with van der Waals surface area (Å²) in [5.41, 5.74) is 0.651. The third kappa shape index (κ3) is 2.39. The maximum atomic E-state index is 13.9. The fourth-order valence-corrected chi connectivity index (χ4v) is 8.71. The summed E-state index contributed by atoms with van der Waals surface area (Å²) in [6.07, 6.45) is 8.87. The number of likely N-dealkylation sites (N-methyl/N-ethyl adjacent to an activating group) is 1. The average molecular weight is 489 g/mol. The zero-order valence-electron chi connectivity index (χ0n) is 20.6. The number of furan rings is 1. The molecular formula is C29H32N2O5. The number of aliphatic hydroxyl groups is 1. The second-order valence-corrected chi connectivity index (χ2v) is 12.1. The Labute approximate surface area is 210 Å². The van der Waals surface area contributed by atoms with E-state index in [4.69, 9.17) is 9.15 Å². The lowest BCUT2D eigenvalue weighted by Gasteiger charge is -2.70. The highest BCUT2D eigenvalue weighted by Gasteiger charge is 2.78. The van der Waals surface area contributed by atoms with Crippen molar-refractivity contribution >= 4 is 5.91 Å². The molecule has 0 unspecified atom stereocenters. The van der Waals surface area contributed by atoms with Crippen LogP contribution in [0.3, 0.4) is 0 Å². The molecule has 7 heteroatoms. The van der Waals surface area contributed by atoms with Crippen LogP contribution in [0.1, 0.15) is 49.0 Å². The maximum Gasteiger partial charge on any atom is 0.252 e. The number of piperidine rings is 1. The molecule has 2 N–H and O–H groups in total. The Morgan fingerprint density at radius 3 is 2.86 bits per heavy atom. The number of fused-ring (bicyclic) bond motifs is 1. The van der Waals surface area contributed by atoms with Crippen molar-refractivity contribution < 1.29 is 24.2 Å². The zero-order valence-corrected chi connectivity index (χ0v) is 20.6. The van der Waals surface area contributed by atoms with Gasteiger partial charge in [-0.25, -0.2) is 0 Å². The Balaban J connectivity index is 1.30. The second-order valence-electron chi connectivity index (χ2n) is 12.1. The number of carbonyl (C=O) groups excluding carboxylic acids is 1. The first-order valence-electron chi connectivity index (χ1n) is 13.4. The number of aromatic hydroxyl groups is 1. The Hall–Kier alpha value is -2.77. The molecule has 188 valence electrons. The van der Waals surface area contributed by atoms with Gasteiger partial charge >= 0.3 is 0 Å². The smallest absolute Gasteiger partial charge is 0.252 e. The molecule has 1 aromatic heterocycles. The Morgan fingerprint density at radius 2 is 2.08 bits per heavy atom. The first-order valence-corrected chi connectivity index (χ1v) is 13.4. The normalized spacial score (nSPS) is 37.3. The molecule has 5 aliphatic carbocycles. The molecule has 2 spiro atoms. The maximum absolute atomic E-state index is 13.9. The number of amides is 1. The van der Waals surface area contributed by atoms with E-state index in [1.54, 1.807) is 24.3 Å². The van der Waals surface area contributed by atoms with Gasteiger partial charge in [-0.2, -0.15) is 0 Å². The summed E-state index contributed by atoms with van der Waals surface area (Å²) in [7, 11) is 1.76. The van der Waals surface area contributed by atoms with E-state index in [1.165, 1.54) is 18.4 Å². The van der Waals surface area contributed by atoms with E-state index in [0.717, 1.165) is 43.8 Å². The zero-order chi connectivity index (χ0) is 24.4. The van der Waals surface area contributed by atoms with Gasteiger partial charge < -0.3 is 24.3 Å². The molecular weight excluding hydrogens is 456 g/mol. The van der Waals surface area contributed by atoms with Crippen molar-refractivity contribution in [2.24, 2.45) is 11.3 Å². The fraction of sp³-hybridized carbons (Fsp3) is 0.552. The summed E-state index contributed by atoms with van der Waals surface area (Å²) in [5.74, 6) is 1.97. The highest BCUT2D eigenvalue weighted by Crippen LogP contribution is 2.74. The highest BCUT2D eigenvalue weighted by atomic mass is 16.5. The van der Waals surface area contributed by atoms with Crippen molar-refractivity contribution in [3.63, 3.8) is 0 Å². The molecule has 0 radical (unpaired) electrons. The molecule has 2 aliphatic heterocycles. The van der Waals surface area contributed by atoms with Crippen molar-refractivity contribution in [3.8, 4) is 11.5 Å². The van der Waals surface area contributed by atoms with Crippen molar-refractivity contribution in [2.75, 3.05) is 20.1 Å². The Kier molecular flexibility index (Phi) is 4.00. The summed E-state index contributed by atoms with van der Waals surface area (Å²) in [6, 6.07) is 7.72. The topological polar surface area (TPSA) is 86.4 Å². The van der Waals surface area contributed by atoms with E-state index in [2.05, 4.69) is 17.0 Å². The van der Waals surface area contributed by atoms with Crippen LogP contribution in [-0.2, 0) is 23.2 Å². The lowest BCUT2D eigenvalue weighted by Crippen LogP contribution is -2.78. The molecule has 1 aromatic carbocycles. The van der Waals surface area contributed by atoms with Gasteiger partial charge in [0.25, 0.3) is 5.91 Å². The number of carbonyl (C=O) groups is 1. The van der Waals surface area contributed by atoms with E-state index in [1.807, 2.05) is 12.1 Å². The highest BCUT2D eigenvalue weighted by molar-refractivity contribution is 5.97. The van der Waals surface area contributed by atoms with Gasteiger partial charge in [0.05, 0.1) is 18.2 Å². The summed E-state index contributed by atoms with van der Waals surface area (Å²) < 4.78 is 12.1. The van der Waals surface area contributed by atoms with Gasteiger partial charge in [0, 0.05) is 36.2 Å². The van der Waals surface area contributed by atoms with E-state index in [9.17, 15) is 15.0 Å². The lowest BCUT2D eigenvalue weighted by molar-refractivity contribution is -0.188. The van der Waals surface area contributed by atoms with Crippen LogP contribution in [0.2, 0.25) is 0 Å². The Bertz CT molecular complexity index is 1320. The minimum atomic E-state index is -1.40. The van der Waals surface area contributed by atoms with Crippen molar-refractivity contribution in [1.29, 1.82) is 0 Å². The van der Waals surface area contributed by atoms with Gasteiger partial charge in [-0.15, -0.1) is 0 Å². The van der Waals surface area contributed by atoms with Crippen molar-refractivity contribution in [2.45, 2.75) is 68.2 Å². The second kappa shape index (κ2) is 6.75. The molecule has 5 atom stereocenters. The molecule has 1 saturated heterocycles. The van der Waals surface area contributed by atoms with Gasteiger partial charge in [-0.05, 0) is 74.8 Å². The number of ether oxygens (including phenoxy) is 1. The number of hydrogen-bond acceptors (Lipinski definition) is 6. The number of rotatable bonds is 5. The van der Waals surface area contributed by atoms with E-state index in [0.29, 0.717) is 30.0 Å². The van der Waals surface area contributed by atoms with Gasteiger partial charge in [0.15, 0.2) is 11.5 Å². The van der Waals surface area contributed by atoms with Crippen LogP contribution in [0.25, 0.3) is 0 Å². The molecule has 3 fully saturated rings. The third-order valence-electron chi connectivity index (χ3n) is 10.4. The number of likely N-dealkylation sites (tertiary alicyclic amines) is 1. The summed E-state index contributed by atoms with van der Waals surface area (Å²) in [4.78, 5) is 18.3. The monoisotopic (exact) mass is 488 g/mol. The predicted octanol–water partition coefficient (Wildman–Crippen LogP) is 3.13. The molecule has 7 nitrogen and oxygen atoms in total. The first-order chi connectivity index (χ1) is 17.4. The number of nitrogens with zero attached hydrogens (tertiary/aromatic N) is 2. The largest absolute Gasteiger partial charge is 0.504 e. The minimum Gasteiger partial charge on any atom is -0.504 e. The van der Waals surface area contributed by atoms with Crippen molar-refractivity contribution in [1.82, 2.24) is 9.80 Å². The summed E-state index contributed by atoms with van der Waals surface area (Å²) in [5, 5.41) is 23.2. The minimum absolute atomic E-state index is 0.136. The SMILES string of the molecule is CN(Cc1ccco1)C(=O)C1=C[C@@]23CC[C@]1(O)[C@@H]1Oc4c(O)ccc5c4[C@@]12CCN(CC1CC1)[C@@H]3C5. The number of hydrogen-bond donors (Lipinski definition) is 2. The first kappa shape index (κ1) is 21.3. The van der Waals surface area contributed by atoms with Gasteiger partial charge in [0.2, 0.25) is 0 Å². The standard InChI is InChI=1S/C29H32N2O5/c1-30(16-19-3-2-12-35-19)25(33)20-14-27-8-9-29(20,34)26-28(27)10-11-31(15-17-4-5-17)22(27)13-18-6-7-21(32)24(36-26)23(18)28/h2-3,6-7,12,14,17,22,26,32,34H,4-5,8-11,13,15-16H2,1H3/t22-,26-,27-,28+,29-/m1/s1. The van der Waals surface area contributed by atoms with Gasteiger partial charge in [-0.1, -0.05) is 12.1 Å². The Morgan fingerprint density at radius 1 is 1.22 bits per heavy atom. The number of phenolic OH excluding ortho intramolecular Hbond substituents is 1. The van der Waals surface area contributed by atoms with E-state index >= 15 is 0 Å². The van der Waals surface area contributed by atoms with Crippen LogP contribution >= 0.6 is 0 Å². The molecule has 2 saturated carbocycles. The average Bonchev–Trinajstić information content (AvgIpc) is 3.38. The molecule has 4 bridgehead atoms. The van der Waals surface area contributed by atoms with Gasteiger partial charge in [0.1, 0.15) is 17.5 Å². The molecule has 7 aliphatic rings. The molecule has 1 amide bonds. The van der Waals surface area contributed by atoms with E-state index < -0.39 is 17.1 Å². The van der Waals surface area contributed by atoms with Crippen LogP contribution in [0.5, 0.6) is 11.5 Å². The van der Waals surface area contributed by atoms with Crippen LogP contribution in [0.4, 0.5) is 0 Å². The van der Waals surface area contributed by atoms with Crippen LogP contribution < -0.4 is 4.74 Å². The quantitative estimate of drug-likeness (QED) is 0.673. The molecule has 36 heavy (non-hydrogen) atoms. The fourth-order valence-electron chi connectivity index (χ4n) is 8.71. The third-order valence-corrected chi connectivity index (χ3v) is 10.4. The molecule has 9 rings (SSSR count). The predicted molar refractivity (Wildman–Crippen MR) is 130 cm³/mol. The molecule has 3 heterocycles. The van der Waals surface area contributed by atoms with Crippen LogP contribution in [0.15, 0.2) is 46.6 Å². The molecule has 2 aromatic rings.